The Labute approximate surface area is 178 Å². The van der Waals surface area contributed by atoms with Gasteiger partial charge in [-0.15, -0.1) is 0 Å². The molecule has 0 aromatic carbocycles. The van der Waals surface area contributed by atoms with Crippen LogP contribution < -0.4 is 0 Å². The fraction of sp³-hybridized carbons (Fsp3) is 0.625. The monoisotopic (exact) mass is 407 g/mol. The first kappa shape index (κ1) is 27.0. The highest BCUT2D eigenvalue weighted by Gasteiger charge is 2.29. The number of carbonyl (C=O) groups is 1. The lowest BCUT2D eigenvalue weighted by molar-refractivity contribution is -0.00432. The maximum absolute atomic E-state index is 13.0. The second-order valence-corrected chi connectivity index (χ2v) is 8.39. The molecule has 0 aromatic heterocycles. The molecule has 29 heavy (non-hydrogen) atoms. The van der Waals surface area contributed by atoms with Crippen molar-refractivity contribution in [2.75, 3.05) is 20.3 Å². The number of carbonyl (C=O) groups excluding carboxylic acids is 1. The maximum atomic E-state index is 13.0. The van der Waals surface area contributed by atoms with Gasteiger partial charge in [0.25, 0.3) is 0 Å². The zero-order valence-corrected chi connectivity index (χ0v) is 19.9. The van der Waals surface area contributed by atoms with Crippen molar-refractivity contribution in [1.29, 1.82) is 0 Å². The summed E-state index contributed by atoms with van der Waals surface area (Å²) in [6.45, 7) is 24.1. The van der Waals surface area contributed by atoms with Gasteiger partial charge in [-0.25, -0.2) is 4.79 Å². The number of nitrogens with zero attached hydrogens (tertiary/aromatic N) is 1. The Balaban J connectivity index is 5.84. The van der Waals surface area contributed by atoms with Crippen LogP contribution in [0.4, 0.5) is 4.79 Å². The molecule has 0 saturated carbocycles. The van der Waals surface area contributed by atoms with Crippen molar-refractivity contribution in [3.63, 3.8) is 0 Å². The molecule has 0 radical (unpaired) electrons. The third kappa shape index (κ3) is 10.4. The lowest BCUT2D eigenvalue weighted by atomic mass is 10.0. The first-order chi connectivity index (χ1) is 13.4. The van der Waals surface area contributed by atoms with Gasteiger partial charge in [0.15, 0.2) is 0 Å². The normalized spacial score (nSPS) is 14.8. The third-order valence-electron chi connectivity index (χ3n) is 4.27. The molecule has 0 aromatic rings. The van der Waals surface area contributed by atoms with Crippen LogP contribution in [0.25, 0.3) is 0 Å². The van der Waals surface area contributed by atoms with E-state index >= 15 is 0 Å². The van der Waals surface area contributed by atoms with Crippen molar-refractivity contribution in [2.24, 2.45) is 0 Å². The first-order valence-electron chi connectivity index (χ1n) is 10.2. The average Bonchev–Trinajstić information content (AvgIpc) is 2.60. The topological polar surface area (TPSA) is 48.0 Å². The summed E-state index contributed by atoms with van der Waals surface area (Å²) in [5.41, 5.74) is 2.12. The number of hydrogen-bond donors (Lipinski definition) is 0. The van der Waals surface area contributed by atoms with Crippen LogP contribution in [0.15, 0.2) is 47.8 Å². The van der Waals surface area contributed by atoms with Gasteiger partial charge in [0, 0.05) is 0 Å². The van der Waals surface area contributed by atoms with E-state index in [2.05, 4.69) is 13.2 Å². The van der Waals surface area contributed by atoms with Gasteiger partial charge in [0.1, 0.15) is 11.4 Å². The molecule has 0 aliphatic rings. The van der Waals surface area contributed by atoms with E-state index in [-0.39, 0.29) is 18.2 Å². The molecule has 2 atom stereocenters. The van der Waals surface area contributed by atoms with E-state index in [1.165, 1.54) is 0 Å². The molecule has 0 bridgehead atoms. The van der Waals surface area contributed by atoms with Crippen LogP contribution in [-0.2, 0) is 14.2 Å². The SMILES string of the molecule is C=C(C)COC(CC)CN(C(=O)OC(C)(C)C)[C@H](C)C(/C=C(/OC)C(=C)C)=C/C. The maximum Gasteiger partial charge on any atom is 0.410 e. The third-order valence-corrected chi connectivity index (χ3v) is 4.27. The number of methoxy groups -OCH3 is 1. The fourth-order valence-corrected chi connectivity index (χ4v) is 2.62. The molecular formula is C24H41NO4. The summed E-state index contributed by atoms with van der Waals surface area (Å²) in [6.07, 6.45) is 4.17. The summed E-state index contributed by atoms with van der Waals surface area (Å²) in [5.74, 6) is 0.680. The first-order valence-corrected chi connectivity index (χ1v) is 10.2. The molecule has 0 fully saturated rings. The minimum absolute atomic E-state index is 0.119. The Morgan fingerprint density at radius 3 is 2.17 bits per heavy atom. The van der Waals surface area contributed by atoms with E-state index in [4.69, 9.17) is 14.2 Å². The minimum Gasteiger partial charge on any atom is -0.497 e. The Hall–Kier alpha value is -2.01. The molecule has 1 amide bonds. The number of rotatable bonds is 11. The van der Waals surface area contributed by atoms with E-state index < -0.39 is 5.60 Å². The second kappa shape index (κ2) is 12.5. The summed E-state index contributed by atoms with van der Waals surface area (Å²) >= 11 is 0. The lowest BCUT2D eigenvalue weighted by Crippen LogP contribution is -2.47. The number of amides is 1. The second-order valence-electron chi connectivity index (χ2n) is 8.39. The van der Waals surface area contributed by atoms with Crippen LogP contribution in [0.2, 0.25) is 0 Å². The molecule has 5 nitrogen and oxygen atoms in total. The van der Waals surface area contributed by atoms with Gasteiger partial charge < -0.3 is 14.2 Å². The standard InChI is InChI=1S/C24H41NO4/c1-12-20(14-22(27-11)18(5)6)19(7)25(23(26)29-24(8,9)10)15-21(13-2)28-16-17(3)4/h12,14,19,21H,3,5,13,15-16H2,1-2,4,6-11H3/b20-12+,22-14+/t19-,21?/m1/s1. The van der Waals surface area contributed by atoms with Gasteiger partial charge in [-0.05, 0) is 72.1 Å². The molecule has 166 valence electrons. The number of allylic oxidation sites excluding steroid dienone is 2. The van der Waals surface area contributed by atoms with Crippen molar-refractivity contribution in [3.05, 3.63) is 47.8 Å². The van der Waals surface area contributed by atoms with Crippen molar-refractivity contribution < 1.29 is 19.0 Å². The molecule has 0 aliphatic heterocycles. The zero-order valence-electron chi connectivity index (χ0n) is 19.9. The Bertz CT molecular complexity index is 625. The van der Waals surface area contributed by atoms with E-state index in [1.54, 1.807) is 12.0 Å². The minimum atomic E-state index is -0.587. The van der Waals surface area contributed by atoms with Gasteiger partial charge in [0.2, 0.25) is 0 Å². The predicted molar refractivity (Wildman–Crippen MR) is 121 cm³/mol. The van der Waals surface area contributed by atoms with Gasteiger partial charge in [-0.2, -0.15) is 0 Å². The summed E-state index contributed by atoms with van der Waals surface area (Å²) in [6, 6.07) is -0.234. The Morgan fingerprint density at radius 2 is 1.79 bits per heavy atom. The van der Waals surface area contributed by atoms with Gasteiger partial charge in [0.05, 0.1) is 32.4 Å². The highest BCUT2D eigenvalue weighted by molar-refractivity contribution is 5.69. The largest absolute Gasteiger partial charge is 0.497 e. The van der Waals surface area contributed by atoms with Crippen LogP contribution in [0.5, 0.6) is 0 Å². The molecule has 0 spiro atoms. The van der Waals surface area contributed by atoms with Crippen molar-refractivity contribution >= 4 is 6.09 Å². The van der Waals surface area contributed by atoms with Gasteiger partial charge in [-0.1, -0.05) is 31.7 Å². The number of hydrogen-bond acceptors (Lipinski definition) is 4. The average molecular weight is 408 g/mol. The van der Waals surface area contributed by atoms with E-state index in [0.29, 0.717) is 18.9 Å². The van der Waals surface area contributed by atoms with Crippen LogP contribution in [0.1, 0.15) is 61.8 Å². The molecule has 0 aliphatic carbocycles. The fourth-order valence-electron chi connectivity index (χ4n) is 2.62. The van der Waals surface area contributed by atoms with Crippen LogP contribution in [0.3, 0.4) is 0 Å². The molecule has 1 unspecified atom stereocenters. The molecule has 5 heteroatoms. The van der Waals surface area contributed by atoms with E-state index in [1.807, 2.05) is 67.5 Å². The van der Waals surface area contributed by atoms with Crippen LogP contribution in [-0.4, -0.2) is 49.0 Å². The summed E-state index contributed by atoms with van der Waals surface area (Å²) < 4.78 is 17.1. The quantitative estimate of drug-likeness (QED) is 0.238. The Kier molecular flexibility index (Phi) is 11.7. The predicted octanol–water partition coefficient (Wildman–Crippen LogP) is 6.04. The van der Waals surface area contributed by atoms with Crippen LogP contribution in [0, 0.1) is 0 Å². The highest BCUT2D eigenvalue weighted by Crippen LogP contribution is 2.21. The zero-order chi connectivity index (χ0) is 22.8. The van der Waals surface area contributed by atoms with Gasteiger partial charge >= 0.3 is 6.09 Å². The molecular weight excluding hydrogens is 366 g/mol. The van der Waals surface area contributed by atoms with Gasteiger partial charge in [-0.3, -0.25) is 4.90 Å². The van der Waals surface area contributed by atoms with E-state index in [0.717, 1.165) is 23.1 Å². The van der Waals surface area contributed by atoms with Crippen molar-refractivity contribution in [1.82, 2.24) is 4.90 Å². The summed E-state index contributed by atoms with van der Waals surface area (Å²) in [5, 5.41) is 0. The molecule has 0 saturated heterocycles. The van der Waals surface area contributed by atoms with Crippen molar-refractivity contribution in [3.8, 4) is 0 Å². The smallest absolute Gasteiger partial charge is 0.410 e. The molecule has 0 N–H and O–H groups in total. The highest BCUT2D eigenvalue weighted by atomic mass is 16.6. The van der Waals surface area contributed by atoms with Crippen LogP contribution >= 0.6 is 0 Å². The molecule has 0 rings (SSSR count). The summed E-state index contributed by atoms with van der Waals surface area (Å²) in [4.78, 5) is 14.8. The number of ether oxygens (including phenoxy) is 3. The van der Waals surface area contributed by atoms with E-state index in [9.17, 15) is 4.79 Å². The summed E-state index contributed by atoms with van der Waals surface area (Å²) in [7, 11) is 1.61. The van der Waals surface area contributed by atoms with Crippen molar-refractivity contribution in [2.45, 2.75) is 79.6 Å². The Morgan fingerprint density at radius 1 is 1.21 bits per heavy atom. The molecule has 0 heterocycles. The lowest BCUT2D eigenvalue weighted by Gasteiger charge is -2.34.